The Morgan fingerprint density at radius 3 is 2.88 bits per heavy atom. The van der Waals surface area contributed by atoms with Crippen LogP contribution in [0.15, 0.2) is 24.3 Å². The number of nitro groups is 1. The van der Waals surface area contributed by atoms with Gasteiger partial charge in [0.2, 0.25) is 0 Å². The molecule has 1 amide bonds. The van der Waals surface area contributed by atoms with Crippen LogP contribution in [0.3, 0.4) is 0 Å². The molecule has 2 N–H and O–H groups in total. The molecule has 0 bridgehead atoms. The predicted octanol–water partition coefficient (Wildman–Crippen LogP) is 1.33. The van der Waals surface area contributed by atoms with Gasteiger partial charge in [0.15, 0.2) is 5.69 Å². The predicted molar refractivity (Wildman–Crippen MR) is 93.1 cm³/mol. The summed E-state index contributed by atoms with van der Waals surface area (Å²) in [6, 6.07) is 6.06. The molecule has 1 aliphatic rings. The van der Waals surface area contributed by atoms with E-state index in [4.69, 9.17) is 5.73 Å². The van der Waals surface area contributed by atoms with Crippen LogP contribution in [0, 0.1) is 23.0 Å². The summed E-state index contributed by atoms with van der Waals surface area (Å²) in [5, 5.41) is 18.9. The van der Waals surface area contributed by atoms with Gasteiger partial charge in [-0.3, -0.25) is 14.9 Å². The van der Waals surface area contributed by atoms with Crippen molar-refractivity contribution in [2.24, 2.45) is 11.7 Å². The van der Waals surface area contributed by atoms with Gasteiger partial charge in [0.1, 0.15) is 0 Å². The van der Waals surface area contributed by atoms with Crippen LogP contribution in [-0.2, 0) is 0 Å². The molecule has 0 saturated carbocycles. The summed E-state index contributed by atoms with van der Waals surface area (Å²) in [5.41, 5.74) is 6.93. The Labute approximate surface area is 150 Å². The molecule has 10 heteroatoms. The monoisotopic (exact) mass is 366 g/mol. The van der Waals surface area contributed by atoms with Crippen LogP contribution in [0.2, 0.25) is 0 Å². The number of amides is 1. The van der Waals surface area contributed by atoms with Crippen LogP contribution in [0.4, 0.5) is 5.69 Å². The summed E-state index contributed by atoms with van der Waals surface area (Å²) in [6.07, 6.45) is 0.889. The zero-order valence-corrected chi connectivity index (χ0v) is 14.5. The van der Waals surface area contributed by atoms with E-state index >= 15 is 0 Å². The summed E-state index contributed by atoms with van der Waals surface area (Å²) in [7, 11) is 0. The van der Waals surface area contributed by atoms with Crippen LogP contribution in [0.1, 0.15) is 22.6 Å². The molecular weight excluding hydrogens is 348 g/mol. The smallest absolute Gasteiger partial charge is 0.276 e. The highest BCUT2D eigenvalue weighted by Gasteiger charge is 2.29. The normalized spacial score (nSPS) is 16.6. The Hall–Kier alpha value is -2.52. The number of aromatic nitrogens is 3. The van der Waals surface area contributed by atoms with Crippen molar-refractivity contribution in [2.75, 3.05) is 19.6 Å². The second-order valence-electron chi connectivity index (χ2n) is 5.85. The molecule has 0 radical (unpaired) electrons. The molecule has 2 heterocycles. The number of nitro benzene ring substituents is 1. The summed E-state index contributed by atoms with van der Waals surface area (Å²) < 4.78 is 1.44. The molecule has 0 aliphatic carbocycles. The molecule has 134 valence electrons. The van der Waals surface area contributed by atoms with Gasteiger partial charge in [-0.15, -0.1) is 17.5 Å². The van der Waals surface area contributed by atoms with Crippen molar-refractivity contribution in [3.63, 3.8) is 0 Å². The molecule has 0 spiro atoms. The SMILES string of the molecule is Cc1c(C(=O)N2CCC(CN)C2)nnn1-c1cccc([N+](=O)[O-])c1.Cl. The zero-order valence-electron chi connectivity index (χ0n) is 13.7. The fraction of sp³-hybridized carbons (Fsp3) is 0.400. The van der Waals surface area contributed by atoms with Crippen molar-refractivity contribution in [3.05, 3.63) is 45.8 Å². The van der Waals surface area contributed by atoms with E-state index in [9.17, 15) is 14.9 Å². The first kappa shape index (κ1) is 18.8. The number of benzene rings is 1. The van der Waals surface area contributed by atoms with Gasteiger partial charge in [-0.25, -0.2) is 4.68 Å². The molecule has 1 aromatic heterocycles. The lowest BCUT2D eigenvalue weighted by Gasteiger charge is -2.15. The van der Waals surface area contributed by atoms with E-state index in [0.29, 0.717) is 36.9 Å². The van der Waals surface area contributed by atoms with Gasteiger partial charge in [-0.05, 0) is 31.9 Å². The Kier molecular flexibility index (Phi) is 5.70. The zero-order chi connectivity index (χ0) is 17.3. The summed E-state index contributed by atoms with van der Waals surface area (Å²) >= 11 is 0. The average molecular weight is 367 g/mol. The first-order valence-electron chi connectivity index (χ1n) is 7.67. The van der Waals surface area contributed by atoms with Gasteiger partial charge in [0, 0.05) is 25.2 Å². The van der Waals surface area contributed by atoms with Crippen LogP contribution in [0.5, 0.6) is 0 Å². The first-order valence-corrected chi connectivity index (χ1v) is 7.67. The van der Waals surface area contributed by atoms with Gasteiger partial charge >= 0.3 is 0 Å². The Morgan fingerprint density at radius 2 is 2.24 bits per heavy atom. The van der Waals surface area contributed by atoms with E-state index in [1.54, 1.807) is 24.0 Å². The quantitative estimate of drug-likeness (QED) is 0.643. The van der Waals surface area contributed by atoms with Crippen molar-refractivity contribution < 1.29 is 9.72 Å². The number of non-ortho nitro benzene ring substituents is 1. The number of nitrogens with zero attached hydrogens (tertiary/aromatic N) is 5. The number of nitrogens with two attached hydrogens (primary N) is 1. The molecule has 1 aromatic carbocycles. The number of carbonyl (C=O) groups excluding carboxylic acids is 1. The van der Waals surface area contributed by atoms with Crippen molar-refractivity contribution in [1.82, 2.24) is 19.9 Å². The van der Waals surface area contributed by atoms with Crippen LogP contribution in [-0.4, -0.2) is 50.4 Å². The van der Waals surface area contributed by atoms with Gasteiger partial charge in [-0.2, -0.15) is 0 Å². The average Bonchev–Trinajstić information content (AvgIpc) is 3.21. The molecule has 1 saturated heterocycles. The molecule has 9 nitrogen and oxygen atoms in total. The van der Waals surface area contributed by atoms with Crippen LogP contribution in [0.25, 0.3) is 5.69 Å². The third-order valence-electron chi connectivity index (χ3n) is 4.29. The van der Waals surface area contributed by atoms with Gasteiger partial charge in [0.25, 0.3) is 11.6 Å². The van der Waals surface area contributed by atoms with Crippen molar-refractivity contribution in [2.45, 2.75) is 13.3 Å². The number of halogens is 1. The fourth-order valence-corrected chi connectivity index (χ4v) is 2.87. The number of likely N-dealkylation sites (tertiary alicyclic amines) is 1. The maximum Gasteiger partial charge on any atom is 0.276 e. The maximum atomic E-state index is 12.6. The standard InChI is InChI=1S/C15H18N6O3.ClH/c1-10-14(15(22)19-6-5-11(8-16)9-19)17-18-20(10)12-3-2-4-13(7-12)21(23)24;/h2-4,7,11H,5-6,8-9,16H2,1H3;1H. The van der Waals surface area contributed by atoms with Gasteiger partial charge in [0.05, 0.1) is 16.3 Å². The molecule has 1 unspecified atom stereocenters. The Morgan fingerprint density at radius 1 is 1.48 bits per heavy atom. The second kappa shape index (κ2) is 7.58. The highest BCUT2D eigenvalue weighted by Crippen LogP contribution is 2.21. The van der Waals surface area contributed by atoms with Crippen LogP contribution < -0.4 is 5.73 Å². The van der Waals surface area contributed by atoms with Gasteiger partial charge in [-0.1, -0.05) is 11.3 Å². The van der Waals surface area contributed by atoms with Crippen molar-refractivity contribution in [1.29, 1.82) is 0 Å². The summed E-state index contributed by atoms with van der Waals surface area (Å²) in [5.74, 6) is 0.140. The molecule has 1 aliphatic heterocycles. The highest BCUT2D eigenvalue weighted by molar-refractivity contribution is 5.93. The van der Waals surface area contributed by atoms with E-state index in [2.05, 4.69) is 10.3 Å². The number of carbonyl (C=O) groups is 1. The summed E-state index contributed by atoms with van der Waals surface area (Å²) in [4.78, 5) is 24.8. The van der Waals surface area contributed by atoms with Crippen LogP contribution >= 0.6 is 12.4 Å². The Bertz CT molecular complexity index is 793. The lowest BCUT2D eigenvalue weighted by Crippen LogP contribution is -2.30. The van der Waals surface area contributed by atoms with E-state index in [-0.39, 0.29) is 29.7 Å². The minimum absolute atomic E-state index is 0. The number of rotatable bonds is 4. The van der Waals surface area contributed by atoms with E-state index in [1.807, 2.05) is 0 Å². The topological polar surface area (TPSA) is 120 Å². The molecule has 1 fully saturated rings. The Balaban J connectivity index is 0.00000225. The van der Waals surface area contributed by atoms with E-state index in [0.717, 1.165) is 6.42 Å². The lowest BCUT2D eigenvalue weighted by molar-refractivity contribution is -0.384. The lowest BCUT2D eigenvalue weighted by atomic mass is 10.1. The molecule has 25 heavy (non-hydrogen) atoms. The van der Waals surface area contributed by atoms with E-state index < -0.39 is 4.92 Å². The van der Waals surface area contributed by atoms with E-state index in [1.165, 1.54) is 16.8 Å². The highest BCUT2D eigenvalue weighted by atomic mass is 35.5. The number of hydrogen-bond donors (Lipinski definition) is 1. The minimum Gasteiger partial charge on any atom is -0.337 e. The first-order chi connectivity index (χ1) is 11.5. The van der Waals surface area contributed by atoms with Crippen molar-refractivity contribution in [3.8, 4) is 5.69 Å². The third-order valence-corrected chi connectivity index (χ3v) is 4.29. The van der Waals surface area contributed by atoms with Crippen molar-refractivity contribution >= 4 is 24.0 Å². The maximum absolute atomic E-state index is 12.6. The second-order valence-corrected chi connectivity index (χ2v) is 5.85. The third kappa shape index (κ3) is 3.62. The molecule has 1 atom stereocenters. The van der Waals surface area contributed by atoms with Gasteiger partial charge < -0.3 is 10.6 Å². The molecule has 3 rings (SSSR count). The summed E-state index contributed by atoms with van der Waals surface area (Å²) in [6.45, 7) is 3.56. The molecule has 2 aromatic rings. The fourth-order valence-electron chi connectivity index (χ4n) is 2.87. The number of hydrogen-bond acceptors (Lipinski definition) is 6. The largest absolute Gasteiger partial charge is 0.337 e. The molecular formula is C15H19ClN6O3. The minimum atomic E-state index is -0.473.